The van der Waals surface area contributed by atoms with Gasteiger partial charge in [0.05, 0.1) is 12.2 Å². The van der Waals surface area contributed by atoms with Gasteiger partial charge in [0.15, 0.2) is 5.78 Å². The highest BCUT2D eigenvalue weighted by molar-refractivity contribution is 5.79. The number of nitrogens with zero attached hydrogens (tertiary/aromatic N) is 2. The number of fused-ring (bicyclic) bond motifs is 1. The van der Waals surface area contributed by atoms with Crippen molar-refractivity contribution in [2.24, 2.45) is 0 Å². The molecule has 0 amide bonds. The second-order valence-corrected chi connectivity index (χ2v) is 3.54. The first-order valence-electron chi connectivity index (χ1n) is 4.79. The highest BCUT2D eigenvalue weighted by Gasteiger charge is 2.19. The number of carbonyl (C=O) groups is 1. The summed E-state index contributed by atoms with van der Waals surface area (Å²) in [5.74, 6) is 1.42. The average molecular weight is 178 g/mol. The van der Waals surface area contributed by atoms with Crippen LogP contribution in [0.3, 0.4) is 0 Å². The maximum Gasteiger partial charge on any atom is 0.153 e. The molecular weight excluding hydrogens is 164 g/mol. The second kappa shape index (κ2) is 2.98. The lowest BCUT2D eigenvalue weighted by Gasteiger charge is -2.13. The molecule has 70 valence electrons. The lowest BCUT2D eigenvalue weighted by molar-refractivity contribution is -0.120. The predicted molar refractivity (Wildman–Crippen MR) is 49.7 cm³/mol. The maximum atomic E-state index is 11.2. The van der Waals surface area contributed by atoms with E-state index in [1.54, 1.807) is 0 Å². The number of ketones is 1. The molecule has 0 atom stereocenters. The fourth-order valence-electron chi connectivity index (χ4n) is 1.89. The minimum atomic E-state index is 0.329. The molecule has 13 heavy (non-hydrogen) atoms. The number of imidazole rings is 1. The molecular formula is C10H14N2O. The number of aromatic nitrogens is 2. The molecule has 1 aliphatic heterocycles. The summed E-state index contributed by atoms with van der Waals surface area (Å²) in [6.07, 6.45) is 2.44. The minimum Gasteiger partial charge on any atom is -0.325 e. The third-order valence-corrected chi connectivity index (χ3v) is 2.69. The number of rotatable bonds is 1. The van der Waals surface area contributed by atoms with Crippen molar-refractivity contribution < 1.29 is 4.79 Å². The van der Waals surface area contributed by atoms with Crippen molar-refractivity contribution in [3.05, 3.63) is 17.2 Å². The van der Waals surface area contributed by atoms with Gasteiger partial charge in [-0.2, -0.15) is 0 Å². The first-order chi connectivity index (χ1) is 6.22. The molecule has 3 nitrogen and oxygen atoms in total. The van der Waals surface area contributed by atoms with Crippen LogP contribution in [-0.4, -0.2) is 15.3 Å². The number of aryl methyl sites for hydroxylation is 2. The molecule has 0 bridgehead atoms. The third kappa shape index (κ3) is 1.28. The van der Waals surface area contributed by atoms with Crippen molar-refractivity contribution >= 4 is 5.78 Å². The first-order valence-corrected chi connectivity index (χ1v) is 4.79. The van der Waals surface area contributed by atoms with Gasteiger partial charge in [0.2, 0.25) is 0 Å². The Morgan fingerprint density at radius 2 is 2.23 bits per heavy atom. The van der Waals surface area contributed by atoms with Gasteiger partial charge in [0, 0.05) is 18.5 Å². The highest BCUT2D eigenvalue weighted by atomic mass is 16.1. The molecule has 0 spiro atoms. The zero-order chi connectivity index (χ0) is 9.42. The van der Waals surface area contributed by atoms with Crippen molar-refractivity contribution in [2.45, 2.75) is 39.7 Å². The molecule has 0 unspecified atom stereocenters. The van der Waals surface area contributed by atoms with Crippen molar-refractivity contribution in [3.63, 3.8) is 0 Å². The lowest BCUT2D eigenvalue weighted by Crippen LogP contribution is -2.20. The fourth-order valence-corrected chi connectivity index (χ4v) is 1.89. The van der Waals surface area contributed by atoms with E-state index < -0.39 is 0 Å². The van der Waals surface area contributed by atoms with Crippen LogP contribution in [0.5, 0.6) is 0 Å². The van der Waals surface area contributed by atoms with E-state index in [1.165, 1.54) is 5.69 Å². The summed E-state index contributed by atoms with van der Waals surface area (Å²) >= 11 is 0. The summed E-state index contributed by atoms with van der Waals surface area (Å²) in [7, 11) is 0. The van der Waals surface area contributed by atoms with Crippen molar-refractivity contribution in [1.29, 1.82) is 0 Å². The summed E-state index contributed by atoms with van der Waals surface area (Å²) in [6, 6.07) is 0. The molecule has 1 aromatic heterocycles. The Morgan fingerprint density at radius 1 is 1.46 bits per heavy atom. The van der Waals surface area contributed by atoms with Crippen LogP contribution < -0.4 is 0 Å². The zero-order valence-corrected chi connectivity index (χ0v) is 8.13. The van der Waals surface area contributed by atoms with Gasteiger partial charge in [-0.3, -0.25) is 4.79 Å². The largest absolute Gasteiger partial charge is 0.325 e. The van der Waals surface area contributed by atoms with Gasteiger partial charge in [-0.15, -0.1) is 0 Å². The van der Waals surface area contributed by atoms with Crippen LogP contribution >= 0.6 is 0 Å². The summed E-state index contributed by atoms with van der Waals surface area (Å²) < 4.78 is 2.06. The Balaban J connectivity index is 2.45. The van der Waals surface area contributed by atoms with Gasteiger partial charge in [0.1, 0.15) is 5.82 Å². The van der Waals surface area contributed by atoms with Crippen LogP contribution in [0.1, 0.15) is 30.6 Å². The third-order valence-electron chi connectivity index (χ3n) is 2.69. The quantitative estimate of drug-likeness (QED) is 0.649. The van der Waals surface area contributed by atoms with E-state index in [9.17, 15) is 4.79 Å². The lowest BCUT2D eigenvalue weighted by atomic mass is 10.1. The van der Waals surface area contributed by atoms with Gasteiger partial charge < -0.3 is 4.57 Å². The van der Waals surface area contributed by atoms with E-state index in [0.717, 1.165) is 24.4 Å². The summed E-state index contributed by atoms with van der Waals surface area (Å²) in [5, 5.41) is 0. The van der Waals surface area contributed by atoms with Crippen LogP contribution in [0.4, 0.5) is 0 Å². The molecule has 0 saturated carbocycles. The van der Waals surface area contributed by atoms with E-state index in [1.807, 2.05) is 6.92 Å². The predicted octanol–water partition coefficient (Wildman–Crippen LogP) is 1.27. The van der Waals surface area contributed by atoms with Crippen LogP contribution in [0.15, 0.2) is 0 Å². The molecule has 0 saturated heterocycles. The van der Waals surface area contributed by atoms with Crippen molar-refractivity contribution in [3.8, 4) is 0 Å². The molecule has 0 fully saturated rings. The number of hydrogen-bond acceptors (Lipinski definition) is 2. The fraction of sp³-hybridized carbons (Fsp3) is 0.600. The summed E-state index contributed by atoms with van der Waals surface area (Å²) in [4.78, 5) is 15.7. The summed E-state index contributed by atoms with van der Waals surface area (Å²) in [6.45, 7) is 4.69. The molecule has 0 radical (unpaired) electrons. The summed E-state index contributed by atoms with van der Waals surface area (Å²) in [5.41, 5.74) is 2.32. The van der Waals surface area contributed by atoms with Gasteiger partial charge in [-0.1, -0.05) is 6.92 Å². The van der Waals surface area contributed by atoms with Gasteiger partial charge in [-0.05, 0) is 13.3 Å². The monoisotopic (exact) mass is 178 g/mol. The molecule has 1 aliphatic rings. The van der Waals surface area contributed by atoms with E-state index in [2.05, 4.69) is 16.5 Å². The zero-order valence-electron chi connectivity index (χ0n) is 8.13. The minimum absolute atomic E-state index is 0.329. The van der Waals surface area contributed by atoms with E-state index in [-0.39, 0.29) is 0 Å². The standard InChI is InChI=1S/C10H14N2O/c1-3-9-7(2)12-6-8(13)4-5-10(12)11-9/h3-6H2,1-2H3. The topological polar surface area (TPSA) is 34.9 Å². The molecule has 2 rings (SSSR count). The van der Waals surface area contributed by atoms with Gasteiger partial charge in [0.25, 0.3) is 0 Å². The van der Waals surface area contributed by atoms with Gasteiger partial charge >= 0.3 is 0 Å². The van der Waals surface area contributed by atoms with Crippen LogP contribution in [-0.2, 0) is 24.2 Å². The maximum absolute atomic E-state index is 11.2. The van der Waals surface area contributed by atoms with Crippen LogP contribution in [0.2, 0.25) is 0 Å². The van der Waals surface area contributed by atoms with Crippen LogP contribution in [0.25, 0.3) is 0 Å². The Bertz CT molecular complexity index is 352. The Morgan fingerprint density at radius 3 is 2.92 bits per heavy atom. The number of Topliss-reactive ketones (excluding diaryl/α,β-unsaturated/α-hetero) is 1. The van der Waals surface area contributed by atoms with Crippen LogP contribution in [0, 0.1) is 6.92 Å². The molecule has 0 N–H and O–H groups in total. The molecule has 3 heteroatoms. The molecule has 0 aromatic carbocycles. The Kier molecular flexibility index (Phi) is 1.94. The first kappa shape index (κ1) is 8.48. The number of carbonyl (C=O) groups excluding carboxylic acids is 1. The molecule has 0 aliphatic carbocycles. The smallest absolute Gasteiger partial charge is 0.153 e. The highest BCUT2D eigenvalue weighted by Crippen LogP contribution is 2.17. The van der Waals surface area contributed by atoms with Gasteiger partial charge in [-0.25, -0.2) is 4.98 Å². The van der Waals surface area contributed by atoms with Crippen molar-refractivity contribution in [1.82, 2.24) is 9.55 Å². The van der Waals surface area contributed by atoms with E-state index in [4.69, 9.17) is 0 Å². The van der Waals surface area contributed by atoms with Crippen molar-refractivity contribution in [2.75, 3.05) is 0 Å². The van der Waals surface area contributed by atoms with E-state index >= 15 is 0 Å². The molecule has 2 heterocycles. The molecule has 1 aromatic rings. The number of hydrogen-bond donors (Lipinski definition) is 0. The normalized spacial score (nSPS) is 16.0. The average Bonchev–Trinajstić information content (AvgIpc) is 2.44. The Hall–Kier alpha value is -1.12. The van der Waals surface area contributed by atoms with E-state index in [0.29, 0.717) is 18.7 Å². The second-order valence-electron chi connectivity index (χ2n) is 3.54. The Labute approximate surface area is 77.8 Å². The SMILES string of the molecule is CCc1nc2n(c1C)CC(=O)CC2.